The SMILES string of the molecule is COc1ccccc1OCC(=O)NN=Cc1ccc(OC(=O)c2cccc3ccccc23)cc1. The zero-order valence-corrected chi connectivity index (χ0v) is 18.4. The molecule has 4 aromatic carbocycles. The number of hydrogen-bond donors (Lipinski definition) is 1. The van der Waals surface area contributed by atoms with Gasteiger partial charge in [-0.05, 0) is 58.8 Å². The topological polar surface area (TPSA) is 86.2 Å². The van der Waals surface area contributed by atoms with Gasteiger partial charge in [-0.2, -0.15) is 5.10 Å². The third-order valence-electron chi connectivity index (χ3n) is 4.93. The predicted octanol–water partition coefficient (Wildman–Crippen LogP) is 4.60. The van der Waals surface area contributed by atoms with Gasteiger partial charge in [0.25, 0.3) is 5.91 Å². The van der Waals surface area contributed by atoms with Gasteiger partial charge in [-0.1, -0.05) is 48.5 Å². The Hall–Kier alpha value is -4.65. The first-order chi connectivity index (χ1) is 16.6. The minimum atomic E-state index is -0.430. The molecular formula is C27H22N2O5. The minimum Gasteiger partial charge on any atom is -0.493 e. The van der Waals surface area contributed by atoms with Gasteiger partial charge in [0.15, 0.2) is 18.1 Å². The Kier molecular flexibility index (Phi) is 7.15. The van der Waals surface area contributed by atoms with E-state index in [-0.39, 0.29) is 6.61 Å². The normalized spacial score (nSPS) is 10.7. The Morgan fingerprint density at radius 2 is 1.56 bits per heavy atom. The zero-order valence-electron chi connectivity index (χ0n) is 18.4. The van der Waals surface area contributed by atoms with Crippen molar-refractivity contribution in [1.82, 2.24) is 5.43 Å². The summed E-state index contributed by atoms with van der Waals surface area (Å²) < 4.78 is 16.1. The van der Waals surface area contributed by atoms with E-state index in [0.717, 1.165) is 16.3 Å². The van der Waals surface area contributed by atoms with E-state index in [9.17, 15) is 9.59 Å². The van der Waals surface area contributed by atoms with Crippen molar-refractivity contribution < 1.29 is 23.8 Å². The maximum atomic E-state index is 12.6. The highest BCUT2D eigenvalue weighted by atomic mass is 16.5. The van der Waals surface area contributed by atoms with E-state index < -0.39 is 11.9 Å². The maximum absolute atomic E-state index is 12.6. The average molecular weight is 454 g/mol. The minimum absolute atomic E-state index is 0.208. The molecule has 0 saturated heterocycles. The van der Waals surface area contributed by atoms with Crippen LogP contribution in [0.25, 0.3) is 10.8 Å². The largest absolute Gasteiger partial charge is 0.493 e. The summed E-state index contributed by atoms with van der Waals surface area (Å²) in [6.07, 6.45) is 1.48. The fourth-order valence-electron chi connectivity index (χ4n) is 3.28. The van der Waals surface area contributed by atoms with Crippen LogP contribution in [0.1, 0.15) is 15.9 Å². The molecule has 0 radical (unpaired) electrons. The molecule has 1 N–H and O–H groups in total. The van der Waals surface area contributed by atoms with Crippen molar-refractivity contribution in [3.05, 3.63) is 102 Å². The van der Waals surface area contributed by atoms with Gasteiger partial charge < -0.3 is 14.2 Å². The van der Waals surface area contributed by atoms with Crippen LogP contribution in [0.15, 0.2) is 96.1 Å². The number of nitrogens with zero attached hydrogens (tertiary/aromatic N) is 1. The Labute approximate surface area is 196 Å². The van der Waals surface area contributed by atoms with Crippen LogP contribution >= 0.6 is 0 Å². The first-order valence-electron chi connectivity index (χ1n) is 10.5. The Bertz CT molecular complexity index is 1330. The molecule has 170 valence electrons. The van der Waals surface area contributed by atoms with Crippen LogP contribution in [0.4, 0.5) is 0 Å². The highest BCUT2D eigenvalue weighted by Crippen LogP contribution is 2.25. The van der Waals surface area contributed by atoms with Gasteiger partial charge in [-0.25, -0.2) is 10.2 Å². The molecule has 0 saturated carbocycles. The molecule has 4 aromatic rings. The summed E-state index contributed by atoms with van der Waals surface area (Å²) in [5.74, 6) is 0.574. The van der Waals surface area contributed by atoms with Crippen LogP contribution in [0.2, 0.25) is 0 Å². The van der Waals surface area contributed by atoms with Crippen molar-refractivity contribution in [2.75, 3.05) is 13.7 Å². The molecule has 0 unspecified atom stereocenters. The molecule has 0 aromatic heterocycles. The summed E-state index contributed by atoms with van der Waals surface area (Å²) in [5, 5.41) is 5.73. The third kappa shape index (κ3) is 5.58. The smallest absolute Gasteiger partial charge is 0.344 e. The van der Waals surface area contributed by atoms with Crippen LogP contribution in [-0.4, -0.2) is 31.8 Å². The number of methoxy groups -OCH3 is 1. The fraction of sp³-hybridized carbons (Fsp3) is 0.0741. The van der Waals surface area contributed by atoms with Crippen molar-refractivity contribution in [2.24, 2.45) is 5.10 Å². The summed E-state index contributed by atoms with van der Waals surface area (Å²) in [6.45, 7) is -0.208. The average Bonchev–Trinajstić information content (AvgIpc) is 2.88. The summed E-state index contributed by atoms with van der Waals surface area (Å²) in [4.78, 5) is 24.6. The number of benzene rings is 4. The standard InChI is InChI=1S/C27H22N2O5/c1-32-24-11-4-5-12-25(24)33-18-26(30)29-28-17-19-13-15-21(16-14-19)34-27(31)23-10-6-8-20-7-2-3-9-22(20)23/h2-17H,18H2,1H3,(H,29,30). The van der Waals surface area contributed by atoms with Crippen LogP contribution in [-0.2, 0) is 4.79 Å². The number of amides is 1. The Morgan fingerprint density at radius 3 is 2.35 bits per heavy atom. The lowest BCUT2D eigenvalue weighted by atomic mass is 10.0. The molecule has 0 heterocycles. The van der Waals surface area contributed by atoms with Crippen molar-refractivity contribution >= 4 is 28.9 Å². The first kappa shape index (κ1) is 22.5. The molecule has 1 amide bonds. The fourth-order valence-corrected chi connectivity index (χ4v) is 3.28. The molecule has 0 spiro atoms. The number of carbonyl (C=O) groups excluding carboxylic acids is 2. The summed E-state index contributed by atoms with van der Waals surface area (Å²) in [7, 11) is 1.53. The third-order valence-corrected chi connectivity index (χ3v) is 4.93. The van der Waals surface area contributed by atoms with Crippen LogP contribution < -0.4 is 19.6 Å². The Morgan fingerprint density at radius 1 is 0.853 bits per heavy atom. The Balaban J connectivity index is 1.30. The molecule has 0 fully saturated rings. The van der Waals surface area contributed by atoms with Gasteiger partial charge in [0.2, 0.25) is 0 Å². The number of hydrazone groups is 1. The van der Waals surface area contributed by atoms with E-state index in [4.69, 9.17) is 14.2 Å². The van der Waals surface area contributed by atoms with Crippen molar-refractivity contribution in [1.29, 1.82) is 0 Å². The van der Waals surface area contributed by atoms with E-state index >= 15 is 0 Å². The second-order valence-electron chi connectivity index (χ2n) is 7.22. The summed E-state index contributed by atoms with van der Waals surface area (Å²) >= 11 is 0. The van der Waals surface area contributed by atoms with Crippen molar-refractivity contribution in [3.63, 3.8) is 0 Å². The molecule has 0 bridgehead atoms. The number of carbonyl (C=O) groups is 2. The van der Waals surface area contributed by atoms with Gasteiger partial charge in [-0.15, -0.1) is 0 Å². The first-order valence-corrected chi connectivity index (χ1v) is 10.5. The van der Waals surface area contributed by atoms with E-state index in [2.05, 4.69) is 10.5 Å². The van der Waals surface area contributed by atoms with Crippen LogP contribution in [0.3, 0.4) is 0 Å². The number of para-hydroxylation sites is 2. The van der Waals surface area contributed by atoms with Gasteiger partial charge in [-0.3, -0.25) is 4.79 Å². The van der Waals surface area contributed by atoms with Gasteiger partial charge in [0, 0.05) is 0 Å². The van der Waals surface area contributed by atoms with Crippen molar-refractivity contribution in [3.8, 4) is 17.2 Å². The monoisotopic (exact) mass is 454 g/mol. The zero-order chi connectivity index (χ0) is 23.8. The maximum Gasteiger partial charge on any atom is 0.344 e. The number of rotatable bonds is 8. The second kappa shape index (κ2) is 10.8. The van der Waals surface area contributed by atoms with E-state index in [1.54, 1.807) is 48.5 Å². The molecular weight excluding hydrogens is 432 g/mol. The van der Waals surface area contributed by atoms with E-state index in [0.29, 0.717) is 22.8 Å². The molecule has 7 nitrogen and oxygen atoms in total. The van der Waals surface area contributed by atoms with Crippen LogP contribution in [0, 0.1) is 0 Å². The lowest BCUT2D eigenvalue weighted by molar-refractivity contribution is -0.123. The molecule has 34 heavy (non-hydrogen) atoms. The number of hydrogen-bond acceptors (Lipinski definition) is 6. The molecule has 4 rings (SSSR count). The van der Waals surface area contributed by atoms with Gasteiger partial charge in [0.1, 0.15) is 5.75 Å². The molecule has 0 aliphatic heterocycles. The number of esters is 1. The highest BCUT2D eigenvalue weighted by Gasteiger charge is 2.12. The summed E-state index contributed by atoms with van der Waals surface area (Å²) in [6, 6.07) is 27.0. The lowest BCUT2D eigenvalue weighted by Gasteiger charge is -2.09. The second-order valence-corrected chi connectivity index (χ2v) is 7.22. The lowest BCUT2D eigenvalue weighted by Crippen LogP contribution is -2.24. The number of fused-ring (bicyclic) bond motifs is 1. The molecule has 0 atom stereocenters. The van der Waals surface area contributed by atoms with E-state index in [1.165, 1.54) is 13.3 Å². The quantitative estimate of drug-likeness (QED) is 0.182. The molecule has 0 aliphatic rings. The number of nitrogens with one attached hydrogen (secondary N) is 1. The van der Waals surface area contributed by atoms with Crippen molar-refractivity contribution in [2.45, 2.75) is 0 Å². The van der Waals surface area contributed by atoms with Crippen LogP contribution in [0.5, 0.6) is 17.2 Å². The number of ether oxygens (including phenoxy) is 3. The highest BCUT2D eigenvalue weighted by molar-refractivity contribution is 6.05. The molecule has 7 heteroatoms. The van der Waals surface area contributed by atoms with E-state index in [1.807, 2.05) is 42.5 Å². The predicted molar refractivity (Wildman–Crippen MR) is 130 cm³/mol. The van der Waals surface area contributed by atoms with Gasteiger partial charge >= 0.3 is 5.97 Å². The summed E-state index contributed by atoms with van der Waals surface area (Å²) in [5.41, 5.74) is 3.62. The van der Waals surface area contributed by atoms with Gasteiger partial charge in [0.05, 0.1) is 18.9 Å². The molecule has 0 aliphatic carbocycles.